The van der Waals surface area contributed by atoms with Gasteiger partial charge in [0.15, 0.2) is 0 Å². The molecule has 0 spiro atoms. The standard InChI is InChI=1S/C19H21N3O2S/c1-4-12(3)16(19(23)24)22-17-15-14(9-25-18(15)21-10-20-17)13-7-5-11(2)6-8-13/h5-10,12,16H,4H2,1-3H3,(H,23,24)(H,20,21,22). The summed E-state index contributed by atoms with van der Waals surface area (Å²) in [6.45, 7) is 5.97. The van der Waals surface area contributed by atoms with E-state index in [9.17, 15) is 9.90 Å². The smallest absolute Gasteiger partial charge is 0.326 e. The zero-order valence-corrected chi connectivity index (χ0v) is 15.3. The SMILES string of the molecule is CCC(C)C(Nc1ncnc2scc(-c3ccc(C)cc3)c12)C(=O)O. The topological polar surface area (TPSA) is 75.1 Å². The van der Waals surface area contributed by atoms with Gasteiger partial charge < -0.3 is 10.4 Å². The lowest BCUT2D eigenvalue weighted by Crippen LogP contribution is -2.35. The van der Waals surface area contributed by atoms with Crippen molar-refractivity contribution in [2.75, 3.05) is 5.32 Å². The summed E-state index contributed by atoms with van der Waals surface area (Å²) >= 11 is 1.54. The van der Waals surface area contributed by atoms with E-state index in [1.54, 1.807) is 0 Å². The van der Waals surface area contributed by atoms with Gasteiger partial charge in [0.1, 0.15) is 23.0 Å². The van der Waals surface area contributed by atoms with Crippen LogP contribution >= 0.6 is 11.3 Å². The van der Waals surface area contributed by atoms with Gasteiger partial charge in [-0.3, -0.25) is 0 Å². The van der Waals surface area contributed by atoms with Crippen molar-refractivity contribution in [1.82, 2.24) is 9.97 Å². The quantitative estimate of drug-likeness (QED) is 0.677. The fraction of sp³-hybridized carbons (Fsp3) is 0.316. The predicted octanol–water partition coefficient (Wildman–Crippen LogP) is 4.58. The van der Waals surface area contributed by atoms with E-state index in [4.69, 9.17) is 0 Å². The molecular formula is C19H21N3O2S. The molecule has 2 N–H and O–H groups in total. The van der Waals surface area contributed by atoms with Crippen molar-refractivity contribution in [3.05, 3.63) is 41.5 Å². The monoisotopic (exact) mass is 355 g/mol. The number of hydrogen-bond donors (Lipinski definition) is 2. The van der Waals surface area contributed by atoms with Gasteiger partial charge in [-0.15, -0.1) is 11.3 Å². The summed E-state index contributed by atoms with van der Waals surface area (Å²) in [6, 6.07) is 7.58. The molecular weight excluding hydrogens is 334 g/mol. The summed E-state index contributed by atoms with van der Waals surface area (Å²) in [6.07, 6.45) is 2.25. The predicted molar refractivity (Wildman–Crippen MR) is 102 cm³/mol. The maximum absolute atomic E-state index is 11.7. The number of carboxylic acids is 1. The van der Waals surface area contributed by atoms with Gasteiger partial charge in [-0.1, -0.05) is 50.1 Å². The van der Waals surface area contributed by atoms with E-state index >= 15 is 0 Å². The second-order valence-corrected chi connectivity index (χ2v) is 7.12. The lowest BCUT2D eigenvalue weighted by Gasteiger charge is -2.21. The average molecular weight is 355 g/mol. The molecule has 3 rings (SSSR count). The number of thiophene rings is 1. The first kappa shape index (κ1) is 17.4. The first-order valence-corrected chi connectivity index (χ1v) is 9.17. The number of aliphatic carboxylic acids is 1. The number of aromatic nitrogens is 2. The molecule has 0 aliphatic heterocycles. The highest BCUT2D eigenvalue weighted by atomic mass is 32.1. The number of rotatable bonds is 6. The summed E-state index contributed by atoms with van der Waals surface area (Å²) in [4.78, 5) is 21.2. The van der Waals surface area contributed by atoms with Crippen molar-refractivity contribution in [3.63, 3.8) is 0 Å². The van der Waals surface area contributed by atoms with Gasteiger partial charge in [0.25, 0.3) is 0 Å². The molecule has 0 saturated carbocycles. The Bertz CT molecular complexity index is 889. The highest BCUT2D eigenvalue weighted by Crippen LogP contribution is 2.37. The van der Waals surface area contributed by atoms with Crippen LogP contribution in [0.4, 0.5) is 5.82 Å². The highest BCUT2D eigenvalue weighted by Gasteiger charge is 2.25. The summed E-state index contributed by atoms with van der Waals surface area (Å²) in [7, 11) is 0. The minimum Gasteiger partial charge on any atom is -0.480 e. The normalized spacial score (nSPS) is 13.6. The van der Waals surface area contributed by atoms with Gasteiger partial charge in [-0.25, -0.2) is 14.8 Å². The van der Waals surface area contributed by atoms with Crippen LogP contribution in [-0.4, -0.2) is 27.1 Å². The van der Waals surface area contributed by atoms with E-state index in [2.05, 4.69) is 46.5 Å². The molecule has 0 fully saturated rings. The minimum absolute atomic E-state index is 0.0102. The van der Waals surface area contributed by atoms with Gasteiger partial charge >= 0.3 is 5.97 Å². The van der Waals surface area contributed by atoms with Crippen LogP contribution in [0.3, 0.4) is 0 Å². The number of aryl methyl sites for hydroxylation is 1. The average Bonchev–Trinajstić information content (AvgIpc) is 3.04. The molecule has 130 valence electrons. The zero-order chi connectivity index (χ0) is 18.0. The molecule has 0 radical (unpaired) electrons. The summed E-state index contributed by atoms with van der Waals surface area (Å²) in [5.74, 6) is -0.299. The molecule has 25 heavy (non-hydrogen) atoms. The number of nitrogens with one attached hydrogen (secondary N) is 1. The molecule has 5 nitrogen and oxygen atoms in total. The minimum atomic E-state index is -0.867. The highest BCUT2D eigenvalue weighted by molar-refractivity contribution is 7.17. The van der Waals surface area contributed by atoms with E-state index < -0.39 is 12.0 Å². The Labute approximate surface area is 150 Å². The number of fused-ring (bicyclic) bond motifs is 1. The van der Waals surface area contributed by atoms with Crippen LogP contribution in [0.1, 0.15) is 25.8 Å². The van der Waals surface area contributed by atoms with E-state index in [0.717, 1.165) is 27.8 Å². The molecule has 1 aromatic carbocycles. The maximum atomic E-state index is 11.7. The molecule has 2 heterocycles. The molecule has 0 bridgehead atoms. The van der Waals surface area contributed by atoms with E-state index in [0.29, 0.717) is 5.82 Å². The van der Waals surface area contributed by atoms with Gasteiger partial charge in [0.2, 0.25) is 0 Å². The van der Waals surface area contributed by atoms with Gasteiger partial charge in [0, 0.05) is 10.9 Å². The Kier molecular flexibility index (Phi) is 4.99. The largest absolute Gasteiger partial charge is 0.480 e. The van der Waals surface area contributed by atoms with Crippen molar-refractivity contribution in [2.24, 2.45) is 5.92 Å². The maximum Gasteiger partial charge on any atom is 0.326 e. The molecule has 2 atom stereocenters. The number of carbonyl (C=O) groups is 1. The third-order valence-corrected chi connectivity index (χ3v) is 5.39. The van der Waals surface area contributed by atoms with Gasteiger partial charge in [-0.2, -0.15) is 0 Å². The van der Waals surface area contributed by atoms with Crippen LogP contribution in [0.2, 0.25) is 0 Å². The Morgan fingerprint density at radius 1 is 1.28 bits per heavy atom. The summed E-state index contributed by atoms with van der Waals surface area (Å²) < 4.78 is 0. The van der Waals surface area contributed by atoms with Crippen LogP contribution in [0.25, 0.3) is 21.3 Å². The fourth-order valence-electron chi connectivity index (χ4n) is 2.76. The number of benzene rings is 1. The molecule has 0 amide bonds. The van der Waals surface area contributed by atoms with Crippen molar-refractivity contribution >= 4 is 33.3 Å². The molecule has 0 aliphatic carbocycles. The third kappa shape index (κ3) is 3.49. The lowest BCUT2D eigenvalue weighted by atomic mass is 9.99. The Morgan fingerprint density at radius 2 is 2.00 bits per heavy atom. The molecule has 2 unspecified atom stereocenters. The molecule has 2 aromatic heterocycles. The molecule has 0 saturated heterocycles. The van der Waals surface area contributed by atoms with Gasteiger partial charge in [-0.05, 0) is 18.4 Å². The zero-order valence-electron chi connectivity index (χ0n) is 14.5. The van der Waals surface area contributed by atoms with E-state index in [1.165, 1.54) is 23.2 Å². The van der Waals surface area contributed by atoms with Gasteiger partial charge in [0.05, 0.1) is 5.39 Å². The molecule has 6 heteroatoms. The third-order valence-electron chi connectivity index (χ3n) is 4.50. The molecule has 3 aromatic rings. The second kappa shape index (κ2) is 7.19. The Balaban J connectivity index is 2.08. The number of anilines is 1. The number of nitrogens with zero attached hydrogens (tertiary/aromatic N) is 2. The second-order valence-electron chi connectivity index (χ2n) is 6.26. The van der Waals surface area contributed by atoms with E-state index in [-0.39, 0.29) is 5.92 Å². The van der Waals surface area contributed by atoms with Crippen LogP contribution in [-0.2, 0) is 4.79 Å². The Morgan fingerprint density at radius 3 is 2.64 bits per heavy atom. The number of carboxylic acid groups (broad SMARTS) is 1. The first-order chi connectivity index (χ1) is 12.0. The number of hydrogen-bond acceptors (Lipinski definition) is 5. The van der Waals surface area contributed by atoms with Crippen molar-refractivity contribution in [2.45, 2.75) is 33.2 Å². The van der Waals surface area contributed by atoms with Crippen molar-refractivity contribution in [3.8, 4) is 11.1 Å². The van der Waals surface area contributed by atoms with Crippen LogP contribution < -0.4 is 5.32 Å². The lowest BCUT2D eigenvalue weighted by molar-refractivity contribution is -0.139. The van der Waals surface area contributed by atoms with Crippen molar-refractivity contribution < 1.29 is 9.90 Å². The van der Waals surface area contributed by atoms with Crippen LogP contribution in [0.15, 0.2) is 36.0 Å². The summed E-state index contributed by atoms with van der Waals surface area (Å²) in [5.41, 5.74) is 3.29. The van der Waals surface area contributed by atoms with E-state index in [1.807, 2.05) is 19.2 Å². The van der Waals surface area contributed by atoms with Crippen LogP contribution in [0, 0.1) is 12.8 Å². The van der Waals surface area contributed by atoms with Crippen molar-refractivity contribution in [1.29, 1.82) is 0 Å². The molecule has 0 aliphatic rings. The first-order valence-electron chi connectivity index (χ1n) is 8.29. The fourth-order valence-corrected chi connectivity index (χ4v) is 3.68. The summed E-state index contributed by atoms with van der Waals surface area (Å²) in [5, 5.41) is 15.6. The van der Waals surface area contributed by atoms with Crippen LogP contribution in [0.5, 0.6) is 0 Å². The Hall–Kier alpha value is -2.47.